The van der Waals surface area contributed by atoms with Gasteiger partial charge in [-0.2, -0.15) is 0 Å². The van der Waals surface area contributed by atoms with Crippen molar-refractivity contribution in [3.8, 4) is 0 Å². The van der Waals surface area contributed by atoms with Gasteiger partial charge in [0.1, 0.15) is 10.6 Å². The van der Waals surface area contributed by atoms with Crippen LogP contribution in [0.25, 0.3) is 0 Å². The van der Waals surface area contributed by atoms with E-state index in [2.05, 4.69) is 13.8 Å². The van der Waals surface area contributed by atoms with Crippen molar-refractivity contribution >= 4 is 15.9 Å². The van der Waals surface area contributed by atoms with E-state index < -0.39 is 10.0 Å². The number of nitrogens with zero attached hydrogens (tertiary/aromatic N) is 2. The molecule has 1 fully saturated rings. The molecule has 0 aliphatic heterocycles. The van der Waals surface area contributed by atoms with Gasteiger partial charge in [-0.25, -0.2) is 13.6 Å². The van der Waals surface area contributed by atoms with Gasteiger partial charge in [0, 0.05) is 25.8 Å². The summed E-state index contributed by atoms with van der Waals surface area (Å²) >= 11 is 0. The number of amides is 1. The van der Waals surface area contributed by atoms with Crippen LogP contribution >= 0.6 is 0 Å². The number of nitrogens with two attached hydrogens (primary N) is 1. The summed E-state index contributed by atoms with van der Waals surface area (Å²) < 4.78 is 24.3. The summed E-state index contributed by atoms with van der Waals surface area (Å²) in [7, 11) is -2.12. The molecule has 0 atom stereocenters. The van der Waals surface area contributed by atoms with Crippen LogP contribution in [-0.2, 0) is 17.1 Å². The maximum absolute atomic E-state index is 12.7. The summed E-state index contributed by atoms with van der Waals surface area (Å²) in [6, 6.07) is 1.66. The average molecular weight is 313 g/mol. The van der Waals surface area contributed by atoms with Gasteiger partial charge in [-0.1, -0.05) is 13.8 Å². The topological polar surface area (TPSA) is 85.4 Å². The van der Waals surface area contributed by atoms with Gasteiger partial charge in [0.25, 0.3) is 5.91 Å². The Bertz CT molecular complexity index is 630. The predicted octanol–water partition coefficient (Wildman–Crippen LogP) is 1.32. The smallest absolute Gasteiger partial charge is 0.270 e. The largest absolute Gasteiger partial charge is 0.345 e. The second-order valence-electron chi connectivity index (χ2n) is 6.13. The molecular formula is C14H23N3O3S. The highest BCUT2D eigenvalue weighted by Gasteiger charge is 2.34. The highest BCUT2D eigenvalue weighted by molar-refractivity contribution is 7.89. The Hall–Kier alpha value is -1.34. The van der Waals surface area contributed by atoms with Crippen molar-refractivity contribution in [2.45, 2.75) is 44.0 Å². The Morgan fingerprint density at radius 2 is 2.10 bits per heavy atom. The molecule has 1 aliphatic carbocycles. The maximum atomic E-state index is 12.7. The molecule has 1 aromatic rings. The lowest BCUT2D eigenvalue weighted by molar-refractivity contribution is 0.0725. The third-order valence-electron chi connectivity index (χ3n) is 3.72. The summed E-state index contributed by atoms with van der Waals surface area (Å²) in [5.74, 6) is 0.406. The molecule has 1 aliphatic rings. The number of carbonyl (C=O) groups excluding carboxylic acids is 1. The van der Waals surface area contributed by atoms with Crippen LogP contribution in [0.1, 0.15) is 43.6 Å². The number of rotatable bonds is 6. The second-order valence-corrected chi connectivity index (χ2v) is 7.69. The minimum atomic E-state index is -3.79. The highest BCUT2D eigenvalue weighted by Crippen LogP contribution is 2.29. The van der Waals surface area contributed by atoms with E-state index in [1.54, 1.807) is 7.05 Å². The molecule has 0 unspecified atom stereocenters. The lowest BCUT2D eigenvalue weighted by Gasteiger charge is -2.23. The Labute approximate surface area is 126 Å². The van der Waals surface area contributed by atoms with Gasteiger partial charge in [-0.3, -0.25) is 4.79 Å². The van der Waals surface area contributed by atoms with Gasteiger partial charge in [0.2, 0.25) is 10.0 Å². The van der Waals surface area contributed by atoms with Crippen molar-refractivity contribution in [3.05, 3.63) is 18.0 Å². The van der Waals surface area contributed by atoms with E-state index in [1.807, 2.05) is 4.90 Å². The first-order chi connectivity index (χ1) is 9.70. The monoisotopic (exact) mass is 313 g/mol. The SMILES string of the molecule is CC(C)CCN(C(=O)c1cc(S(N)(=O)=O)cn1C)C1CC1. The molecule has 2 N–H and O–H groups in total. The number of sulfonamides is 1. The zero-order valence-electron chi connectivity index (χ0n) is 12.7. The highest BCUT2D eigenvalue weighted by atomic mass is 32.2. The van der Waals surface area contributed by atoms with E-state index in [9.17, 15) is 13.2 Å². The zero-order chi connectivity index (χ0) is 15.8. The van der Waals surface area contributed by atoms with E-state index in [1.165, 1.54) is 16.8 Å². The Kier molecular flexibility index (Phi) is 4.43. The molecule has 0 bridgehead atoms. The molecule has 7 heteroatoms. The fourth-order valence-electron chi connectivity index (χ4n) is 2.28. The van der Waals surface area contributed by atoms with E-state index in [0.717, 1.165) is 19.3 Å². The Morgan fingerprint density at radius 3 is 2.52 bits per heavy atom. The first-order valence-electron chi connectivity index (χ1n) is 7.20. The number of hydrogen-bond donors (Lipinski definition) is 1. The van der Waals surface area contributed by atoms with E-state index in [4.69, 9.17) is 5.14 Å². The summed E-state index contributed by atoms with van der Waals surface area (Å²) in [6.07, 6.45) is 4.37. The van der Waals surface area contributed by atoms with Gasteiger partial charge in [0.05, 0.1) is 0 Å². The van der Waals surface area contributed by atoms with Gasteiger partial charge < -0.3 is 9.47 Å². The number of primary sulfonamides is 1. The van der Waals surface area contributed by atoms with Crippen LogP contribution < -0.4 is 5.14 Å². The molecule has 1 amide bonds. The number of carbonyl (C=O) groups is 1. The van der Waals surface area contributed by atoms with Crippen LogP contribution in [0.15, 0.2) is 17.2 Å². The second kappa shape index (κ2) is 5.81. The normalized spacial score (nSPS) is 15.5. The predicted molar refractivity (Wildman–Crippen MR) is 80.3 cm³/mol. The van der Waals surface area contributed by atoms with E-state index in [-0.39, 0.29) is 10.8 Å². The van der Waals surface area contributed by atoms with Crippen molar-refractivity contribution in [2.75, 3.05) is 6.54 Å². The fourth-order valence-corrected chi connectivity index (χ4v) is 2.86. The molecule has 2 rings (SSSR count). The van der Waals surface area contributed by atoms with Crippen molar-refractivity contribution in [2.24, 2.45) is 18.1 Å². The molecule has 6 nitrogen and oxygen atoms in total. The van der Waals surface area contributed by atoms with Crippen LogP contribution in [0, 0.1) is 5.92 Å². The zero-order valence-corrected chi connectivity index (χ0v) is 13.6. The summed E-state index contributed by atoms with van der Waals surface area (Å²) in [4.78, 5) is 14.5. The van der Waals surface area contributed by atoms with Crippen LogP contribution in [0.3, 0.4) is 0 Å². The van der Waals surface area contributed by atoms with E-state index in [0.29, 0.717) is 24.2 Å². The molecule has 0 aromatic carbocycles. The van der Waals surface area contributed by atoms with Crippen molar-refractivity contribution in [3.63, 3.8) is 0 Å². The van der Waals surface area contributed by atoms with E-state index >= 15 is 0 Å². The summed E-state index contributed by atoms with van der Waals surface area (Å²) in [5, 5.41) is 5.12. The number of aryl methyl sites for hydroxylation is 1. The summed E-state index contributed by atoms with van der Waals surface area (Å²) in [6.45, 7) is 4.95. The van der Waals surface area contributed by atoms with Crippen molar-refractivity contribution in [1.29, 1.82) is 0 Å². The molecule has 0 radical (unpaired) electrons. The average Bonchev–Trinajstić information content (AvgIpc) is 3.09. The van der Waals surface area contributed by atoms with Crippen molar-refractivity contribution in [1.82, 2.24) is 9.47 Å². The van der Waals surface area contributed by atoms with Gasteiger partial charge in [-0.15, -0.1) is 0 Å². The number of hydrogen-bond acceptors (Lipinski definition) is 3. The van der Waals surface area contributed by atoms with Gasteiger partial charge in [-0.05, 0) is 31.2 Å². The first kappa shape index (κ1) is 16.0. The standard InChI is InChI=1S/C14H23N3O3S/c1-10(2)6-7-17(11-4-5-11)14(18)13-8-12(9-16(13)3)21(15,19)20/h8-11H,4-7H2,1-3H3,(H2,15,19,20). The third kappa shape index (κ3) is 3.85. The Morgan fingerprint density at radius 1 is 1.48 bits per heavy atom. The molecule has 0 saturated heterocycles. The first-order valence-corrected chi connectivity index (χ1v) is 8.75. The third-order valence-corrected chi connectivity index (χ3v) is 4.60. The van der Waals surface area contributed by atoms with Crippen LogP contribution in [0.5, 0.6) is 0 Å². The lowest BCUT2D eigenvalue weighted by Crippen LogP contribution is -2.35. The molecule has 118 valence electrons. The van der Waals surface area contributed by atoms with Gasteiger partial charge in [0.15, 0.2) is 0 Å². The Balaban J connectivity index is 2.23. The quantitative estimate of drug-likeness (QED) is 0.859. The molecule has 0 spiro atoms. The van der Waals surface area contributed by atoms with Crippen LogP contribution in [-0.4, -0.2) is 36.4 Å². The molecular weight excluding hydrogens is 290 g/mol. The minimum Gasteiger partial charge on any atom is -0.345 e. The fraction of sp³-hybridized carbons (Fsp3) is 0.643. The minimum absolute atomic E-state index is 0.0204. The van der Waals surface area contributed by atoms with Crippen molar-refractivity contribution < 1.29 is 13.2 Å². The molecule has 1 saturated carbocycles. The molecule has 21 heavy (non-hydrogen) atoms. The molecule has 1 aromatic heterocycles. The lowest BCUT2D eigenvalue weighted by atomic mass is 10.1. The van der Waals surface area contributed by atoms with Crippen LogP contribution in [0.2, 0.25) is 0 Å². The van der Waals surface area contributed by atoms with Gasteiger partial charge >= 0.3 is 0 Å². The number of aromatic nitrogens is 1. The molecule has 1 heterocycles. The summed E-state index contributed by atoms with van der Waals surface area (Å²) in [5.41, 5.74) is 0.370. The maximum Gasteiger partial charge on any atom is 0.270 e. The van der Waals surface area contributed by atoms with Crippen LogP contribution in [0.4, 0.5) is 0 Å².